The van der Waals surface area contributed by atoms with Crippen molar-refractivity contribution in [3.05, 3.63) is 16.1 Å². The summed E-state index contributed by atoms with van der Waals surface area (Å²) < 4.78 is 0. The molecule has 1 aliphatic rings. The second-order valence-corrected chi connectivity index (χ2v) is 6.67. The van der Waals surface area contributed by atoms with Crippen LogP contribution in [0.2, 0.25) is 0 Å². The van der Waals surface area contributed by atoms with E-state index < -0.39 is 5.54 Å². The van der Waals surface area contributed by atoms with Crippen molar-refractivity contribution in [1.82, 2.24) is 15.2 Å². The van der Waals surface area contributed by atoms with E-state index in [1.54, 1.807) is 23.2 Å². The molecular formula is C15H23N3O2S. The van der Waals surface area contributed by atoms with Gasteiger partial charge in [-0.3, -0.25) is 9.59 Å². The van der Waals surface area contributed by atoms with Gasteiger partial charge in [-0.1, -0.05) is 13.8 Å². The molecule has 0 aliphatic carbocycles. The third-order valence-corrected chi connectivity index (χ3v) is 5.16. The minimum atomic E-state index is -0.776. The molecule has 1 fully saturated rings. The molecule has 0 radical (unpaired) electrons. The maximum Gasteiger partial charge on any atom is 0.248 e. The number of rotatable bonds is 5. The third-order valence-electron chi connectivity index (χ3n) is 4.14. The van der Waals surface area contributed by atoms with Crippen LogP contribution in [0.4, 0.5) is 0 Å². The highest BCUT2D eigenvalue weighted by molar-refractivity contribution is 7.09. The Morgan fingerprint density at radius 1 is 1.43 bits per heavy atom. The number of hydrogen-bond donors (Lipinski definition) is 1. The Balaban J connectivity index is 2.15. The van der Waals surface area contributed by atoms with Gasteiger partial charge in [-0.2, -0.15) is 0 Å². The normalized spacial score (nSPS) is 26.1. The second kappa shape index (κ2) is 6.13. The lowest BCUT2D eigenvalue weighted by molar-refractivity contribution is -0.154. The molecule has 0 bridgehead atoms. The fraction of sp³-hybridized carbons (Fsp3) is 0.667. The number of amides is 2. The lowest BCUT2D eigenvalue weighted by Gasteiger charge is -2.44. The van der Waals surface area contributed by atoms with Crippen molar-refractivity contribution in [3.8, 4) is 0 Å². The number of nitrogens with zero attached hydrogens (tertiary/aromatic N) is 2. The smallest absolute Gasteiger partial charge is 0.248 e. The van der Waals surface area contributed by atoms with E-state index in [9.17, 15) is 9.59 Å². The number of piperazine rings is 1. The molecule has 2 atom stereocenters. The van der Waals surface area contributed by atoms with Crippen LogP contribution in [0.5, 0.6) is 0 Å². The van der Waals surface area contributed by atoms with Gasteiger partial charge in [-0.05, 0) is 26.7 Å². The van der Waals surface area contributed by atoms with E-state index in [2.05, 4.69) is 10.3 Å². The van der Waals surface area contributed by atoms with Crippen LogP contribution in [0, 0.1) is 6.92 Å². The molecule has 1 N–H and O–H groups in total. The average molecular weight is 309 g/mol. The molecule has 1 aromatic rings. The Morgan fingerprint density at radius 3 is 2.67 bits per heavy atom. The van der Waals surface area contributed by atoms with E-state index >= 15 is 0 Å². The maximum atomic E-state index is 12.7. The van der Waals surface area contributed by atoms with Crippen molar-refractivity contribution < 1.29 is 9.59 Å². The molecule has 1 saturated heterocycles. The van der Waals surface area contributed by atoms with Crippen molar-refractivity contribution in [1.29, 1.82) is 0 Å². The first-order chi connectivity index (χ1) is 9.91. The SMILES string of the molecule is CCC1C(=O)NC(C)(CC)C(=O)N1CCc1nc(C)cs1. The van der Waals surface area contributed by atoms with Crippen LogP contribution in [-0.2, 0) is 16.0 Å². The number of thiazole rings is 1. The van der Waals surface area contributed by atoms with Gasteiger partial charge in [0.1, 0.15) is 11.6 Å². The van der Waals surface area contributed by atoms with Crippen molar-refractivity contribution in [2.24, 2.45) is 0 Å². The summed E-state index contributed by atoms with van der Waals surface area (Å²) in [4.78, 5) is 31.1. The largest absolute Gasteiger partial charge is 0.340 e. The molecule has 5 nitrogen and oxygen atoms in total. The van der Waals surface area contributed by atoms with Crippen LogP contribution in [0.15, 0.2) is 5.38 Å². The van der Waals surface area contributed by atoms with Crippen LogP contribution in [0.25, 0.3) is 0 Å². The van der Waals surface area contributed by atoms with E-state index in [1.165, 1.54) is 0 Å². The summed E-state index contributed by atoms with van der Waals surface area (Å²) in [6, 6.07) is -0.363. The van der Waals surface area contributed by atoms with E-state index in [0.29, 0.717) is 25.8 Å². The lowest BCUT2D eigenvalue weighted by Crippen LogP contribution is -2.69. The topological polar surface area (TPSA) is 62.3 Å². The fourth-order valence-electron chi connectivity index (χ4n) is 2.65. The molecular weight excluding hydrogens is 286 g/mol. The summed E-state index contributed by atoms with van der Waals surface area (Å²) in [6.45, 7) is 8.18. The van der Waals surface area contributed by atoms with Gasteiger partial charge >= 0.3 is 0 Å². The zero-order valence-corrected chi connectivity index (χ0v) is 13.9. The quantitative estimate of drug-likeness (QED) is 0.903. The molecule has 1 aliphatic heterocycles. The first-order valence-corrected chi connectivity index (χ1v) is 8.33. The minimum absolute atomic E-state index is 0.0183. The first kappa shape index (κ1) is 15.9. The molecule has 2 heterocycles. The third kappa shape index (κ3) is 3.10. The molecule has 0 spiro atoms. The van der Waals surface area contributed by atoms with Gasteiger partial charge in [-0.15, -0.1) is 11.3 Å². The van der Waals surface area contributed by atoms with Crippen molar-refractivity contribution in [2.75, 3.05) is 6.54 Å². The van der Waals surface area contributed by atoms with Crippen molar-refractivity contribution >= 4 is 23.2 Å². The van der Waals surface area contributed by atoms with Gasteiger partial charge in [0, 0.05) is 24.0 Å². The summed E-state index contributed by atoms with van der Waals surface area (Å²) in [5, 5.41) is 5.90. The number of nitrogens with one attached hydrogen (secondary N) is 1. The molecule has 2 unspecified atom stereocenters. The van der Waals surface area contributed by atoms with Gasteiger partial charge in [0.15, 0.2) is 0 Å². The first-order valence-electron chi connectivity index (χ1n) is 7.45. The van der Waals surface area contributed by atoms with Gasteiger partial charge < -0.3 is 10.2 Å². The summed E-state index contributed by atoms with van der Waals surface area (Å²) in [5.74, 6) is -0.0264. The van der Waals surface area contributed by atoms with Gasteiger partial charge in [-0.25, -0.2) is 4.98 Å². The number of hydrogen-bond acceptors (Lipinski definition) is 4. The van der Waals surface area contributed by atoms with Crippen molar-refractivity contribution in [2.45, 2.75) is 58.5 Å². The Hall–Kier alpha value is -1.43. The zero-order chi connectivity index (χ0) is 15.6. The summed E-state index contributed by atoms with van der Waals surface area (Å²) in [6.07, 6.45) is 1.93. The van der Waals surface area contributed by atoms with Crippen LogP contribution < -0.4 is 5.32 Å². The number of aromatic nitrogens is 1. The van der Waals surface area contributed by atoms with Crippen LogP contribution in [0.3, 0.4) is 0 Å². The standard InChI is InChI=1S/C15H23N3O2S/c1-5-11-13(19)17-15(4,6-2)14(20)18(11)8-7-12-16-10(3)9-21-12/h9,11H,5-8H2,1-4H3,(H,17,19). The molecule has 1 aromatic heterocycles. The fourth-order valence-corrected chi connectivity index (χ4v) is 3.41. The Kier molecular flexibility index (Phi) is 4.66. The highest BCUT2D eigenvalue weighted by atomic mass is 32.1. The van der Waals surface area contributed by atoms with Gasteiger partial charge in [0.2, 0.25) is 11.8 Å². The van der Waals surface area contributed by atoms with E-state index in [1.807, 2.05) is 26.2 Å². The monoisotopic (exact) mass is 309 g/mol. The molecule has 116 valence electrons. The Bertz CT molecular complexity index is 543. The maximum absolute atomic E-state index is 12.7. The number of carbonyl (C=O) groups is 2. The molecule has 6 heteroatoms. The van der Waals surface area contributed by atoms with E-state index in [-0.39, 0.29) is 17.9 Å². The minimum Gasteiger partial charge on any atom is -0.340 e. The number of aryl methyl sites for hydroxylation is 1. The summed E-state index contributed by atoms with van der Waals surface area (Å²) in [7, 11) is 0. The van der Waals surface area contributed by atoms with Gasteiger partial charge in [0.05, 0.1) is 5.01 Å². The highest BCUT2D eigenvalue weighted by Gasteiger charge is 2.46. The Morgan fingerprint density at radius 2 is 2.14 bits per heavy atom. The van der Waals surface area contributed by atoms with Crippen LogP contribution in [-0.4, -0.2) is 39.8 Å². The number of carbonyl (C=O) groups excluding carboxylic acids is 2. The van der Waals surface area contributed by atoms with Crippen LogP contribution >= 0.6 is 11.3 Å². The molecule has 2 rings (SSSR count). The molecule has 0 saturated carbocycles. The van der Waals surface area contributed by atoms with Gasteiger partial charge in [0.25, 0.3) is 0 Å². The summed E-state index contributed by atoms with van der Waals surface area (Å²) >= 11 is 1.60. The van der Waals surface area contributed by atoms with Crippen LogP contribution in [0.1, 0.15) is 44.3 Å². The predicted octanol–water partition coefficient (Wildman–Crippen LogP) is 1.90. The molecule has 2 amide bonds. The predicted molar refractivity (Wildman–Crippen MR) is 83.2 cm³/mol. The summed E-state index contributed by atoms with van der Waals surface area (Å²) in [5.41, 5.74) is 0.227. The Labute approximate surface area is 129 Å². The highest BCUT2D eigenvalue weighted by Crippen LogP contribution is 2.23. The average Bonchev–Trinajstić information content (AvgIpc) is 2.86. The van der Waals surface area contributed by atoms with Crippen molar-refractivity contribution in [3.63, 3.8) is 0 Å². The second-order valence-electron chi connectivity index (χ2n) is 5.73. The molecule has 0 aromatic carbocycles. The lowest BCUT2D eigenvalue weighted by atomic mass is 9.91. The molecule has 21 heavy (non-hydrogen) atoms. The van der Waals surface area contributed by atoms with E-state index in [0.717, 1.165) is 10.7 Å². The van der Waals surface area contributed by atoms with E-state index in [4.69, 9.17) is 0 Å². The zero-order valence-electron chi connectivity index (χ0n) is 13.1.